The van der Waals surface area contributed by atoms with Crippen molar-refractivity contribution in [3.63, 3.8) is 0 Å². The highest BCUT2D eigenvalue weighted by molar-refractivity contribution is 6.32. The van der Waals surface area contributed by atoms with E-state index in [1.165, 1.54) is 0 Å². The van der Waals surface area contributed by atoms with E-state index in [0.29, 0.717) is 34.0 Å². The first-order chi connectivity index (χ1) is 13.7. The summed E-state index contributed by atoms with van der Waals surface area (Å²) in [4.78, 5) is 15.2. The largest absolute Gasteiger partial charge is 0.487 e. The van der Waals surface area contributed by atoms with Crippen molar-refractivity contribution in [2.75, 3.05) is 26.2 Å². The number of benzene rings is 2. The van der Waals surface area contributed by atoms with E-state index in [9.17, 15) is 4.79 Å². The van der Waals surface area contributed by atoms with Crippen molar-refractivity contribution in [3.8, 4) is 5.75 Å². The second kappa shape index (κ2) is 7.15. The first-order valence-electron chi connectivity index (χ1n) is 9.58. The molecule has 5 rings (SSSR count). The molecule has 1 N–H and O–H groups in total. The van der Waals surface area contributed by atoms with E-state index in [2.05, 4.69) is 5.32 Å². The predicted molar refractivity (Wildman–Crippen MR) is 108 cm³/mol. The smallest absolute Gasteiger partial charge is 0.290 e. The number of carbonyl (C=O) groups excluding carboxylic acids is 1. The van der Waals surface area contributed by atoms with Gasteiger partial charge in [0.25, 0.3) is 5.91 Å². The number of fused-ring (bicyclic) bond motifs is 2. The molecule has 2 atom stereocenters. The normalized spacial score (nSPS) is 21.2. The van der Waals surface area contributed by atoms with Gasteiger partial charge >= 0.3 is 0 Å². The van der Waals surface area contributed by atoms with E-state index in [4.69, 9.17) is 20.8 Å². The molecule has 6 heteroatoms. The van der Waals surface area contributed by atoms with Crippen LogP contribution in [0.25, 0.3) is 11.0 Å². The number of amides is 1. The molecule has 28 heavy (non-hydrogen) atoms. The number of ether oxygens (including phenoxy) is 1. The van der Waals surface area contributed by atoms with E-state index < -0.39 is 0 Å². The minimum absolute atomic E-state index is 0.0524. The summed E-state index contributed by atoms with van der Waals surface area (Å²) in [5.41, 5.74) is 1.47. The highest BCUT2D eigenvalue weighted by Gasteiger charge is 2.39. The number of carbonyl (C=O) groups is 1. The summed E-state index contributed by atoms with van der Waals surface area (Å²) in [5.74, 6) is 1.99. The van der Waals surface area contributed by atoms with Crippen molar-refractivity contribution < 1.29 is 13.9 Å². The van der Waals surface area contributed by atoms with Crippen LogP contribution in [0.4, 0.5) is 0 Å². The Kier molecular flexibility index (Phi) is 4.49. The predicted octanol–water partition coefficient (Wildman–Crippen LogP) is 3.96. The second-order valence-corrected chi connectivity index (χ2v) is 7.92. The molecule has 0 bridgehead atoms. The van der Waals surface area contributed by atoms with E-state index >= 15 is 0 Å². The lowest BCUT2D eigenvalue weighted by atomic mass is 10.0. The van der Waals surface area contributed by atoms with Gasteiger partial charge in [-0.15, -0.1) is 0 Å². The third-order valence-corrected chi connectivity index (χ3v) is 6.09. The van der Waals surface area contributed by atoms with Crippen LogP contribution in [0, 0.1) is 11.8 Å². The lowest BCUT2D eigenvalue weighted by molar-refractivity contribution is 0.0748. The van der Waals surface area contributed by atoms with Crippen LogP contribution in [-0.2, 0) is 6.61 Å². The van der Waals surface area contributed by atoms with Crippen molar-refractivity contribution in [1.29, 1.82) is 0 Å². The minimum atomic E-state index is -0.0524. The summed E-state index contributed by atoms with van der Waals surface area (Å²) < 4.78 is 11.9. The Bertz CT molecular complexity index is 1020. The molecule has 3 heterocycles. The Morgan fingerprint density at radius 1 is 1.11 bits per heavy atom. The van der Waals surface area contributed by atoms with Crippen LogP contribution in [-0.4, -0.2) is 37.0 Å². The van der Waals surface area contributed by atoms with Crippen molar-refractivity contribution in [2.45, 2.75) is 6.61 Å². The van der Waals surface area contributed by atoms with Gasteiger partial charge in [-0.25, -0.2) is 0 Å². The third kappa shape index (κ3) is 3.05. The van der Waals surface area contributed by atoms with Crippen molar-refractivity contribution in [3.05, 3.63) is 64.9 Å². The van der Waals surface area contributed by atoms with Crippen molar-refractivity contribution in [1.82, 2.24) is 10.2 Å². The topological polar surface area (TPSA) is 54.7 Å². The number of hydrogen-bond donors (Lipinski definition) is 1. The molecule has 0 radical (unpaired) electrons. The molecule has 2 aliphatic rings. The van der Waals surface area contributed by atoms with Gasteiger partial charge in [-0.1, -0.05) is 41.9 Å². The molecule has 2 aromatic carbocycles. The van der Waals surface area contributed by atoms with Gasteiger partial charge < -0.3 is 19.4 Å². The maximum Gasteiger partial charge on any atom is 0.290 e. The molecule has 2 saturated heterocycles. The van der Waals surface area contributed by atoms with Gasteiger partial charge in [0.05, 0.1) is 5.02 Å². The summed E-state index contributed by atoms with van der Waals surface area (Å²) in [6.07, 6.45) is 0. The fraction of sp³-hybridized carbons (Fsp3) is 0.318. The zero-order valence-electron chi connectivity index (χ0n) is 15.4. The van der Waals surface area contributed by atoms with E-state index in [1.54, 1.807) is 6.07 Å². The van der Waals surface area contributed by atoms with Crippen LogP contribution in [0.2, 0.25) is 5.02 Å². The average molecular weight is 397 g/mol. The van der Waals surface area contributed by atoms with Crippen molar-refractivity contribution >= 4 is 28.5 Å². The summed E-state index contributed by atoms with van der Waals surface area (Å²) in [6, 6.07) is 15.0. The Morgan fingerprint density at radius 3 is 2.61 bits per heavy atom. The van der Waals surface area contributed by atoms with Crippen LogP contribution in [0.5, 0.6) is 5.75 Å². The third-order valence-electron chi connectivity index (χ3n) is 5.78. The van der Waals surface area contributed by atoms with E-state index in [0.717, 1.165) is 37.1 Å². The van der Waals surface area contributed by atoms with Gasteiger partial charge in [0, 0.05) is 37.1 Å². The lowest BCUT2D eigenvalue weighted by Gasteiger charge is -2.17. The number of hydrogen-bond acceptors (Lipinski definition) is 4. The number of nitrogens with zero attached hydrogens (tertiary/aromatic N) is 1. The van der Waals surface area contributed by atoms with Crippen LogP contribution in [0.3, 0.4) is 0 Å². The van der Waals surface area contributed by atoms with Crippen LogP contribution >= 0.6 is 11.6 Å². The monoisotopic (exact) mass is 396 g/mol. The van der Waals surface area contributed by atoms with Crippen LogP contribution < -0.4 is 10.1 Å². The molecule has 0 spiro atoms. The average Bonchev–Trinajstić information content (AvgIpc) is 3.40. The van der Waals surface area contributed by atoms with Crippen LogP contribution in [0.15, 0.2) is 52.9 Å². The van der Waals surface area contributed by atoms with Crippen LogP contribution in [0.1, 0.15) is 16.1 Å². The zero-order chi connectivity index (χ0) is 19.1. The van der Waals surface area contributed by atoms with Crippen molar-refractivity contribution in [2.24, 2.45) is 11.8 Å². The molecule has 5 nitrogen and oxygen atoms in total. The minimum Gasteiger partial charge on any atom is -0.487 e. The second-order valence-electron chi connectivity index (χ2n) is 7.51. The first kappa shape index (κ1) is 17.6. The molecule has 0 saturated carbocycles. The standard InChI is InChI=1S/C22H21ClN2O3/c23-18-6-2-4-8-20(18)27-13-17-16-5-1-3-7-19(16)28-21(17)22(26)25-11-14-9-24-10-15(14)12-25/h1-8,14-15,24H,9-13H2/t14-,15+. The van der Waals surface area contributed by atoms with Gasteiger partial charge in [0.1, 0.15) is 17.9 Å². The van der Waals surface area contributed by atoms with Gasteiger partial charge in [0.2, 0.25) is 0 Å². The number of halogens is 1. The number of likely N-dealkylation sites (tertiary alicyclic amines) is 1. The Labute approximate surface area is 168 Å². The maximum absolute atomic E-state index is 13.3. The number of furan rings is 1. The molecule has 0 aliphatic carbocycles. The highest BCUT2D eigenvalue weighted by Crippen LogP contribution is 2.33. The molecular formula is C22H21ClN2O3. The molecule has 1 aromatic heterocycles. The molecule has 1 amide bonds. The fourth-order valence-corrected chi connectivity index (χ4v) is 4.48. The summed E-state index contributed by atoms with van der Waals surface area (Å²) in [5, 5.41) is 4.85. The van der Waals surface area contributed by atoms with Gasteiger partial charge in [-0.3, -0.25) is 4.79 Å². The number of para-hydroxylation sites is 2. The highest BCUT2D eigenvalue weighted by atomic mass is 35.5. The van der Waals surface area contributed by atoms with Gasteiger partial charge in [0.15, 0.2) is 5.76 Å². The van der Waals surface area contributed by atoms with Gasteiger partial charge in [-0.2, -0.15) is 0 Å². The maximum atomic E-state index is 13.3. The Morgan fingerprint density at radius 2 is 1.82 bits per heavy atom. The lowest BCUT2D eigenvalue weighted by Crippen LogP contribution is -2.32. The molecule has 2 aliphatic heterocycles. The number of nitrogens with one attached hydrogen (secondary N) is 1. The molecule has 144 valence electrons. The van der Waals surface area contributed by atoms with E-state index in [1.807, 2.05) is 47.4 Å². The molecular weight excluding hydrogens is 376 g/mol. The summed E-state index contributed by atoms with van der Waals surface area (Å²) in [6.45, 7) is 3.74. The molecule has 3 aromatic rings. The molecule has 0 unspecified atom stereocenters. The quantitative estimate of drug-likeness (QED) is 0.725. The fourth-order valence-electron chi connectivity index (χ4n) is 4.29. The Balaban J connectivity index is 1.46. The summed E-state index contributed by atoms with van der Waals surface area (Å²) >= 11 is 6.21. The molecule has 2 fully saturated rings. The summed E-state index contributed by atoms with van der Waals surface area (Å²) in [7, 11) is 0. The number of rotatable bonds is 4. The Hall–Kier alpha value is -2.50. The SMILES string of the molecule is O=C(c1oc2ccccc2c1COc1ccccc1Cl)N1C[C@H]2CNC[C@H]2C1. The van der Waals surface area contributed by atoms with E-state index in [-0.39, 0.29) is 12.5 Å². The first-order valence-corrected chi connectivity index (χ1v) is 9.96. The van der Waals surface area contributed by atoms with Gasteiger partial charge in [-0.05, 0) is 30.0 Å². The zero-order valence-corrected chi connectivity index (χ0v) is 16.1.